The maximum Gasteiger partial charge on any atom is 0.295 e. The van der Waals surface area contributed by atoms with Gasteiger partial charge in [-0.3, -0.25) is 14.5 Å². The molecular weight excluding hydrogens is 470 g/mol. The molecule has 1 amide bonds. The molecule has 3 heterocycles. The molecule has 0 bridgehead atoms. The van der Waals surface area contributed by atoms with E-state index in [2.05, 4.69) is 4.90 Å². The maximum atomic E-state index is 13.4. The Bertz CT molecular complexity index is 1200. The predicted molar refractivity (Wildman–Crippen MR) is 142 cm³/mol. The minimum Gasteiger partial charge on any atom is -0.507 e. The number of aliphatic hydroxyl groups is 1. The fraction of sp³-hybridized carbons (Fsp3) is 0.448. The molecule has 0 unspecified atom stereocenters. The van der Waals surface area contributed by atoms with E-state index in [1.165, 1.54) is 0 Å². The zero-order valence-electron chi connectivity index (χ0n) is 21.8. The highest BCUT2D eigenvalue weighted by molar-refractivity contribution is 6.46. The monoisotopic (exact) mass is 505 g/mol. The van der Waals surface area contributed by atoms with Crippen LogP contribution in [0.15, 0.2) is 48.0 Å². The molecule has 0 saturated carbocycles. The average Bonchev–Trinajstić information content (AvgIpc) is 3.40. The summed E-state index contributed by atoms with van der Waals surface area (Å²) in [4.78, 5) is 32.6. The summed E-state index contributed by atoms with van der Waals surface area (Å²) in [6.45, 7) is 6.42. The summed E-state index contributed by atoms with van der Waals surface area (Å²) < 4.78 is 11.2. The number of likely N-dealkylation sites (tertiary alicyclic amines) is 1. The normalized spacial score (nSPS) is 23.3. The number of nitrogens with zero attached hydrogens (tertiary/aromatic N) is 3. The lowest BCUT2D eigenvalue weighted by Gasteiger charge is -2.29. The first-order valence-electron chi connectivity index (χ1n) is 13.0. The number of morpholine rings is 1. The van der Waals surface area contributed by atoms with Gasteiger partial charge in [-0.1, -0.05) is 12.1 Å². The van der Waals surface area contributed by atoms with Crippen molar-refractivity contribution in [3.8, 4) is 5.75 Å². The summed E-state index contributed by atoms with van der Waals surface area (Å²) in [5.74, 6) is -0.555. The van der Waals surface area contributed by atoms with E-state index < -0.39 is 17.7 Å². The van der Waals surface area contributed by atoms with Crippen molar-refractivity contribution < 1.29 is 24.2 Å². The summed E-state index contributed by atoms with van der Waals surface area (Å²) in [5.41, 5.74) is 3.47. The molecule has 2 saturated heterocycles. The zero-order valence-corrected chi connectivity index (χ0v) is 21.8. The third kappa shape index (κ3) is 5.08. The number of anilines is 1. The lowest BCUT2D eigenvalue weighted by molar-refractivity contribution is -0.140. The van der Waals surface area contributed by atoms with Gasteiger partial charge in [0.2, 0.25) is 0 Å². The topological polar surface area (TPSA) is 82.5 Å². The van der Waals surface area contributed by atoms with Gasteiger partial charge in [-0.25, -0.2) is 0 Å². The van der Waals surface area contributed by atoms with E-state index in [1.54, 1.807) is 11.0 Å². The standard InChI is InChI=1S/C29H35N3O5/c1-19-17-22-18-21(7-10-24(22)37-19)27(33)25-26(20-5-8-23(9-6-20)30(2)3)32(29(35)28(25)34)12-4-11-31-13-15-36-16-14-31/h5-10,18-19,26,33H,4,11-17H2,1-3H3/t19-,26+/m1/s1. The Morgan fingerprint density at radius 1 is 1.05 bits per heavy atom. The first-order valence-corrected chi connectivity index (χ1v) is 13.0. The van der Waals surface area contributed by atoms with Gasteiger partial charge in [0, 0.05) is 57.9 Å². The van der Waals surface area contributed by atoms with Gasteiger partial charge in [0.15, 0.2) is 0 Å². The van der Waals surface area contributed by atoms with Crippen LogP contribution in [0.4, 0.5) is 5.69 Å². The first-order chi connectivity index (χ1) is 17.8. The van der Waals surface area contributed by atoms with Crippen LogP contribution in [0, 0.1) is 0 Å². The number of carbonyl (C=O) groups is 2. The minimum atomic E-state index is -0.649. The number of Topliss-reactive ketones (excluding diaryl/α,β-unsaturated/α-hetero) is 1. The second-order valence-electron chi connectivity index (χ2n) is 10.2. The number of ketones is 1. The van der Waals surface area contributed by atoms with Crippen molar-refractivity contribution in [3.63, 3.8) is 0 Å². The number of amides is 1. The number of hydrogen-bond acceptors (Lipinski definition) is 7. The molecule has 3 aliphatic heterocycles. The van der Waals surface area contributed by atoms with Gasteiger partial charge in [-0.15, -0.1) is 0 Å². The summed E-state index contributed by atoms with van der Waals surface area (Å²) >= 11 is 0. The highest BCUT2D eigenvalue weighted by Gasteiger charge is 2.46. The lowest BCUT2D eigenvalue weighted by atomic mass is 9.94. The van der Waals surface area contributed by atoms with Crippen LogP contribution in [0.1, 0.15) is 36.1 Å². The number of aliphatic hydroxyl groups excluding tert-OH is 1. The van der Waals surface area contributed by atoms with Crippen LogP contribution in [0.25, 0.3) is 5.76 Å². The molecule has 196 valence electrons. The number of rotatable bonds is 7. The second-order valence-corrected chi connectivity index (χ2v) is 10.2. The van der Waals surface area contributed by atoms with E-state index in [-0.39, 0.29) is 17.4 Å². The predicted octanol–water partition coefficient (Wildman–Crippen LogP) is 3.22. The van der Waals surface area contributed by atoms with E-state index in [1.807, 2.05) is 62.3 Å². The molecule has 0 aliphatic carbocycles. The third-order valence-electron chi connectivity index (χ3n) is 7.41. The van der Waals surface area contributed by atoms with Gasteiger partial charge < -0.3 is 24.4 Å². The molecule has 2 aromatic carbocycles. The number of benzene rings is 2. The number of ether oxygens (including phenoxy) is 2. The largest absolute Gasteiger partial charge is 0.507 e. The van der Waals surface area contributed by atoms with Crippen LogP contribution in [0.2, 0.25) is 0 Å². The Labute approximate surface area is 218 Å². The molecule has 8 nitrogen and oxygen atoms in total. The molecule has 2 atom stereocenters. The van der Waals surface area contributed by atoms with Crippen molar-refractivity contribution in [1.82, 2.24) is 9.80 Å². The number of fused-ring (bicyclic) bond motifs is 1. The number of hydrogen-bond donors (Lipinski definition) is 1. The van der Waals surface area contributed by atoms with Gasteiger partial charge in [-0.2, -0.15) is 0 Å². The van der Waals surface area contributed by atoms with Gasteiger partial charge in [-0.05, 0) is 54.8 Å². The van der Waals surface area contributed by atoms with Crippen molar-refractivity contribution >= 4 is 23.1 Å². The van der Waals surface area contributed by atoms with Crippen LogP contribution >= 0.6 is 0 Å². The first kappa shape index (κ1) is 25.3. The van der Waals surface area contributed by atoms with Crippen molar-refractivity contribution in [1.29, 1.82) is 0 Å². The Hall–Kier alpha value is -3.36. The molecule has 0 aromatic heterocycles. The molecule has 2 fully saturated rings. The Kier molecular flexibility index (Phi) is 7.22. The molecule has 3 aliphatic rings. The van der Waals surface area contributed by atoms with E-state index >= 15 is 0 Å². The molecule has 2 aromatic rings. The van der Waals surface area contributed by atoms with Crippen LogP contribution < -0.4 is 9.64 Å². The van der Waals surface area contributed by atoms with Crippen LogP contribution in [0.3, 0.4) is 0 Å². The molecule has 1 N–H and O–H groups in total. The zero-order chi connectivity index (χ0) is 26.1. The van der Waals surface area contributed by atoms with Crippen LogP contribution in [-0.4, -0.2) is 86.2 Å². The van der Waals surface area contributed by atoms with Gasteiger partial charge in [0.1, 0.15) is 17.6 Å². The number of carbonyl (C=O) groups excluding carboxylic acids is 2. The Balaban J connectivity index is 1.49. The molecule has 5 rings (SSSR count). The lowest BCUT2D eigenvalue weighted by Crippen LogP contribution is -2.38. The molecule has 37 heavy (non-hydrogen) atoms. The molecular formula is C29H35N3O5. The summed E-state index contributed by atoms with van der Waals surface area (Å²) in [7, 11) is 3.93. The highest BCUT2D eigenvalue weighted by Crippen LogP contribution is 2.41. The van der Waals surface area contributed by atoms with Gasteiger partial charge in [0.05, 0.1) is 24.8 Å². The molecule has 0 spiro atoms. The minimum absolute atomic E-state index is 0.0691. The van der Waals surface area contributed by atoms with E-state index in [9.17, 15) is 14.7 Å². The SMILES string of the molecule is C[C@@H]1Cc2cc(C(O)=C3C(=O)C(=O)N(CCCN4CCOCC4)[C@H]3c3ccc(N(C)C)cc3)ccc2O1. The fourth-order valence-electron chi connectivity index (χ4n) is 5.43. The van der Waals surface area contributed by atoms with Crippen LogP contribution in [-0.2, 0) is 20.7 Å². The van der Waals surface area contributed by atoms with Gasteiger partial charge in [0.25, 0.3) is 11.7 Å². The molecule has 8 heteroatoms. The quantitative estimate of drug-likeness (QED) is 0.352. The van der Waals surface area contributed by atoms with E-state index in [4.69, 9.17) is 9.47 Å². The summed E-state index contributed by atoms with van der Waals surface area (Å²) in [6.07, 6.45) is 1.54. The van der Waals surface area contributed by atoms with Crippen molar-refractivity contribution in [2.24, 2.45) is 0 Å². The smallest absolute Gasteiger partial charge is 0.295 e. The van der Waals surface area contributed by atoms with Crippen molar-refractivity contribution in [2.75, 3.05) is 58.4 Å². The van der Waals surface area contributed by atoms with E-state index in [0.717, 1.165) is 55.0 Å². The average molecular weight is 506 g/mol. The Morgan fingerprint density at radius 2 is 1.78 bits per heavy atom. The van der Waals surface area contributed by atoms with Crippen molar-refractivity contribution in [3.05, 3.63) is 64.7 Å². The van der Waals surface area contributed by atoms with Crippen molar-refractivity contribution in [2.45, 2.75) is 31.9 Å². The second kappa shape index (κ2) is 10.6. The summed E-state index contributed by atoms with van der Waals surface area (Å²) in [5, 5.41) is 11.4. The van der Waals surface area contributed by atoms with E-state index in [0.29, 0.717) is 25.3 Å². The van der Waals surface area contributed by atoms with Gasteiger partial charge >= 0.3 is 0 Å². The summed E-state index contributed by atoms with van der Waals surface area (Å²) in [6, 6.07) is 12.6. The highest BCUT2D eigenvalue weighted by atomic mass is 16.5. The van der Waals surface area contributed by atoms with Crippen LogP contribution in [0.5, 0.6) is 5.75 Å². The Morgan fingerprint density at radius 3 is 2.49 bits per heavy atom. The fourth-order valence-corrected chi connectivity index (χ4v) is 5.43. The maximum absolute atomic E-state index is 13.4. The third-order valence-corrected chi connectivity index (χ3v) is 7.41. The molecule has 0 radical (unpaired) electrons.